The number of aromatic nitrogens is 2. The first-order chi connectivity index (χ1) is 14.3. The average molecular weight is 414 g/mol. The van der Waals surface area contributed by atoms with Crippen LogP contribution in [0.15, 0.2) is 18.2 Å². The second kappa shape index (κ2) is 9.60. The Morgan fingerprint density at radius 2 is 2.03 bits per heavy atom. The lowest BCUT2D eigenvalue weighted by molar-refractivity contribution is -0.116. The Balaban J connectivity index is 1.66. The molecule has 0 spiro atoms. The Labute approximate surface area is 179 Å². The van der Waals surface area contributed by atoms with Crippen molar-refractivity contribution < 1.29 is 9.59 Å². The highest BCUT2D eigenvalue weighted by atomic mass is 16.2. The molecule has 2 amide bonds. The first-order valence-electron chi connectivity index (χ1n) is 11.0. The Kier molecular flexibility index (Phi) is 7.13. The summed E-state index contributed by atoms with van der Waals surface area (Å²) < 4.78 is 1.83. The van der Waals surface area contributed by atoms with Crippen LogP contribution in [-0.4, -0.2) is 53.2 Å². The summed E-state index contributed by atoms with van der Waals surface area (Å²) in [6, 6.07) is 6.48. The number of carbonyl (C=O) groups is 2. The molecule has 7 nitrogen and oxygen atoms in total. The third kappa shape index (κ3) is 5.39. The predicted octanol–water partition coefficient (Wildman–Crippen LogP) is 3.26. The van der Waals surface area contributed by atoms with Gasteiger partial charge in [-0.2, -0.15) is 5.10 Å². The third-order valence-electron chi connectivity index (χ3n) is 6.38. The zero-order chi connectivity index (χ0) is 21.7. The van der Waals surface area contributed by atoms with E-state index in [1.165, 1.54) is 31.4 Å². The van der Waals surface area contributed by atoms with Gasteiger partial charge in [-0.15, -0.1) is 0 Å². The van der Waals surface area contributed by atoms with Crippen molar-refractivity contribution in [2.75, 3.05) is 31.5 Å². The van der Waals surface area contributed by atoms with Gasteiger partial charge in [-0.05, 0) is 61.4 Å². The molecule has 1 aliphatic rings. The van der Waals surface area contributed by atoms with Crippen LogP contribution in [0.4, 0.5) is 5.82 Å². The van der Waals surface area contributed by atoms with E-state index in [2.05, 4.69) is 59.6 Å². The first-order valence-corrected chi connectivity index (χ1v) is 11.0. The second-order valence-electron chi connectivity index (χ2n) is 9.19. The van der Waals surface area contributed by atoms with Crippen molar-refractivity contribution in [2.24, 2.45) is 12.5 Å². The molecule has 0 radical (unpaired) electrons. The number of anilines is 1. The van der Waals surface area contributed by atoms with Crippen molar-refractivity contribution in [3.05, 3.63) is 23.8 Å². The molecule has 1 aromatic heterocycles. The fraction of sp³-hybridized carbons (Fsp3) is 0.609. The second-order valence-corrected chi connectivity index (χ2v) is 9.19. The van der Waals surface area contributed by atoms with Gasteiger partial charge in [0, 0.05) is 31.9 Å². The zero-order valence-corrected chi connectivity index (χ0v) is 18.7. The quantitative estimate of drug-likeness (QED) is 0.488. The minimum atomic E-state index is -0.157. The number of benzene rings is 1. The summed E-state index contributed by atoms with van der Waals surface area (Å²) in [6.07, 6.45) is 4.38. The molecule has 0 aliphatic carbocycles. The van der Waals surface area contributed by atoms with E-state index in [9.17, 15) is 9.59 Å². The molecule has 0 unspecified atom stereocenters. The molecule has 1 aliphatic heterocycles. The summed E-state index contributed by atoms with van der Waals surface area (Å²) in [4.78, 5) is 25.0. The Hall–Kier alpha value is -2.41. The number of likely N-dealkylation sites (tertiary alicyclic amines) is 1. The van der Waals surface area contributed by atoms with Gasteiger partial charge in [0.25, 0.3) is 0 Å². The van der Waals surface area contributed by atoms with Gasteiger partial charge < -0.3 is 15.5 Å². The van der Waals surface area contributed by atoms with Crippen molar-refractivity contribution in [1.29, 1.82) is 0 Å². The topological polar surface area (TPSA) is 79.3 Å². The number of hydrogen-bond donors (Lipinski definition) is 2. The van der Waals surface area contributed by atoms with E-state index in [0.717, 1.165) is 24.0 Å². The monoisotopic (exact) mass is 413 g/mol. The highest BCUT2D eigenvalue weighted by Crippen LogP contribution is 2.33. The van der Waals surface area contributed by atoms with E-state index in [4.69, 9.17) is 0 Å². The molecular weight excluding hydrogens is 378 g/mol. The Morgan fingerprint density at radius 3 is 2.70 bits per heavy atom. The van der Waals surface area contributed by atoms with Gasteiger partial charge in [0.05, 0.1) is 5.52 Å². The summed E-state index contributed by atoms with van der Waals surface area (Å²) in [6.45, 7) is 10.8. The van der Waals surface area contributed by atoms with Crippen LogP contribution in [0.2, 0.25) is 0 Å². The molecule has 7 heteroatoms. The lowest BCUT2D eigenvalue weighted by atomic mass is 9.86. The van der Waals surface area contributed by atoms with E-state index < -0.39 is 0 Å². The molecule has 0 saturated carbocycles. The van der Waals surface area contributed by atoms with Crippen molar-refractivity contribution in [1.82, 2.24) is 20.0 Å². The maximum absolute atomic E-state index is 12.1. The SMILES string of the molecule is CCC(C)(C)CN1CCC(c2ccc3c(NC(=O)CCNC=O)nn(C)c3c2)CC1. The summed E-state index contributed by atoms with van der Waals surface area (Å²) in [5, 5.41) is 10.8. The summed E-state index contributed by atoms with van der Waals surface area (Å²) >= 11 is 0. The van der Waals surface area contributed by atoms with E-state index in [1.807, 2.05) is 11.7 Å². The molecular formula is C23H35N5O2. The van der Waals surface area contributed by atoms with Gasteiger partial charge in [-0.3, -0.25) is 14.3 Å². The maximum atomic E-state index is 12.1. The molecule has 2 N–H and O–H groups in total. The van der Waals surface area contributed by atoms with Crippen molar-refractivity contribution in [3.8, 4) is 0 Å². The number of carbonyl (C=O) groups excluding carboxylic acids is 2. The number of amides is 2. The van der Waals surface area contributed by atoms with Crippen LogP contribution in [0.25, 0.3) is 10.9 Å². The number of rotatable bonds is 9. The molecule has 2 heterocycles. The average Bonchev–Trinajstić information content (AvgIpc) is 3.03. The molecule has 1 aromatic carbocycles. The van der Waals surface area contributed by atoms with Gasteiger partial charge in [0.1, 0.15) is 0 Å². The predicted molar refractivity (Wildman–Crippen MR) is 121 cm³/mol. The zero-order valence-electron chi connectivity index (χ0n) is 18.7. The number of nitrogens with one attached hydrogen (secondary N) is 2. The summed E-state index contributed by atoms with van der Waals surface area (Å²) in [5.74, 6) is 0.986. The van der Waals surface area contributed by atoms with Gasteiger partial charge in [0.2, 0.25) is 12.3 Å². The van der Waals surface area contributed by atoms with Crippen LogP contribution in [0, 0.1) is 5.41 Å². The van der Waals surface area contributed by atoms with E-state index >= 15 is 0 Å². The van der Waals surface area contributed by atoms with Gasteiger partial charge in [-0.25, -0.2) is 0 Å². The van der Waals surface area contributed by atoms with Gasteiger partial charge in [0.15, 0.2) is 5.82 Å². The van der Waals surface area contributed by atoms with E-state index in [-0.39, 0.29) is 12.3 Å². The maximum Gasteiger partial charge on any atom is 0.227 e. The van der Waals surface area contributed by atoms with E-state index in [0.29, 0.717) is 30.1 Å². The molecule has 164 valence electrons. The molecule has 0 atom stereocenters. The minimum absolute atomic E-state index is 0.157. The Bertz CT molecular complexity index is 881. The van der Waals surface area contributed by atoms with Crippen LogP contribution >= 0.6 is 0 Å². The molecule has 0 bridgehead atoms. The lowest BCUT2D eigenvalue weighted by Gasteiger charge is -2.37. The smallest absolute Gasteiger partial charge is 0.227 e. The van der Waals surface area contributed by atoms with Gasteiger partial charge >= 0.3 is 0 Å². The lowest BCUT2D eigenvalue weighted by Crippen LogP contribution is -2.39. The largest absolute Gasteiger partial charge is 0.358 e. The highest BCUT2D eigenvalue weighted by Gasteiger charge is 2.25. The standard InChI is InChI=1S/C23H35N5O2/c1-5-23(2,3)15-28-12-9-17(10-13-28)18-6-7-19-20(14-18)27(4)26-22(19)25-21(30)8-11-24-16-29/h6-7,14,16-17H,5,8-13,15H2,1-4H3,(H,24,29)(H,25,26,30). The normalized spacial score (nSPS) is 16.0. The number of nitrogens with zero attached hydrogens (tertiary/aromatic N) is 3. The molecule has 1 fully saturated rings. The summed E-state index contributed by atoms with van der Waals surface area (Å²) in [7, 11) is 1.91. The third-order valence-corrected chi connectivity index (χ3v) is 6.38. The number of fused-ring (bicyclic) bond motifs is 1. The summed E-state index contributed by atoms with van der Waals surface area (Å²) in [5.41, 5.74) is 2.77. The van der Waals surface area contributed by atoms with Crippen molar-refractivity contribution in [3.63, 3.8) is 0 Å². The highest BCUT2D eigenvalue weighted by molar-refractivity contribution is 6.00. The van der Waals surface area contributed by atoms with Crippen LogP contribution in [-0.2, 0) is 16.6 Å². The fourth-order valence-corrected chi connectivity index (χ4v) is 4.20. The molecule has 30 heavy (non-hydrogen) atoms. The van der Waals surface area contributed by atoms with Gasteiger partial charge in [-0.1, -0.05) is 26.8 Å². The Morgan fingerprint density at radius 1 is 1.30 bits per heavy atom. The fourth-order valence-electron chi connectivity index (χ4n) is 4.20. The van der Waals surface area contributed by atoms with Crippen LogP contribution in [0.3, 0.4) is 0 Å². The van der Waals surface area contributed by atoms with Crippen molar-refractivity contribution in [2.45, 2.75) is 52.4 Å². The van der Waals surface area contributed by atoms with Crippen LogP contribution < -0.4 is 10.6 Å². The molecule has 1 saturated heterocycles. The van der Waals surface area contributed by atoms with Crippen LogP contribution in [0.5, 0.6) is 0 Å². The molecule has 2 aromatic rings. The first kappa shape index (κ1) is 22.3. The van der Waals surface area contributed by atoms with Crippen molar-refractivity contribution >= 4 is 29.0 Å². The molecule has 3 rings (SSSR count). The number of aryl methyl sites for hydroxylation is 1. The number of hydrogen-bond acceptors (Lipinski definition) is 4. The van der Waals surface area contributed by atoms with Crippen LogP contribution in [0.1, 0.15) is 57.9 Å². The minimum Gasteiger partial charge on any atom is -0.358 e. The number of piperidine rings is 1. The van der Waals surface area contributed by atoms with E-state index in [1.54, 1.807) is 0 Å².